The number of ether oxygens (including phenoxy) is 4. The lowest BCUT2D eigenvalue weighted by atomic mass is 9.94. The van der Waals surface area contributed by atoms with Gasteiger partial charge in [-0.2, -0.15) is 24.9 Å². The van der Waals surface area contributed by atoms with Gasteiger partial charge in [-0.25, -0.2) is 24.2 Å². The van der Waals surface area contributed by atoms with E-state index in [1.54, 1.807) is 9.80 Å². The van der Waals surface area contributed by atoms with Crippen molar-refractivity contribution in [2.75, 3.05) is 161 Å². The van der Waals surface area contributed by atoms with Crippen molar-refractivity contribution in [3.63, 3.8) is 0 Å². The van der Waals surface area contributed by atoms with Gasteiger partial charge in [0, 0.05) is 180 Å². The second-order valence-corrected chi connectivity index (χ2v) is 38.5. The Hall–Kier alpha value is 5.76. The number of anilines is 8. The number of nitrogens with zero attached hydrogens (tertiary/aromatic N) is 12. The van der Waals surface area contributed by atoms with E-state index < -0.39 is 22.4 Å². The maximum atomic E-state index is 13.3. The van der Waals surface area contributed by atoms with Crippen LogP contribution in [0, 0.1) is 0 Å². The summed E-state index contributed by atoms with van der Waals surface area (Å²) in [5.74, 6) is 4.37. The van der Waals surface area contributed by atoms with E-state index in [1.165, 1.54) is 68.6 Å². The fourth-order valence-electron chi connectivity index (χ4n) is 15.9. The van der Waals surface area contributed by atoms with Crippen LogP contribution in [-0.4, -0.2) is 232 Å². The molecule has 0 unspecified atom stereocenters. The molecule has 6 heterocycles. The first-order valence-electron chi connectivity index (χ1n) is 47.0. The smallest absolute Gasteiger partial charge is 0.410 e. The number of nitrogen functional groups attached to an aromatic ring is 3. The Morgan fingerprint density at radius 3 is 0.920 bits per heavy atom. The van der Waals surface area contributed by atoms with Crippen LogP contribution in [0.3, 0.4) is 0 Å². The number of halogens is 22. The lowest BCUT2D eigenvalue weighted by molar-refractivity contribution is -0.00100. The predicted octanol–water partition coefficient (Wildman–Crippen LogP) is -47.8. The normalized spacial score (nSPS) is 13.8. The molecule has 3 aliphatic carbocycles. The lowest BCUT2D eigenvalue weighted by Crippen LogP contribution is -3.00. The van der Waals surface area contributed by atoms with Crippen molar-refractivity contribution in [1.29, 1.82) is 0 Å². The van der Waals surface area contributed by atoms with Crippen molar-refractivity contribution in [3.05, 3.63) is 130 Å². The number of aromatic nitrogens is 6. The molecule has 4 amide bonds. The Balaban J connectivity index is -0.000000141. The van der Waals surface area contributed by atoms with Crippen LogP contribution in [0.15, 0.2) is 91.0 Å². The minimum absolute atomic E-state index is 0. The zero-order valence-corrected chi connectivity index (χ0v) is 133. The summed E-state index contributed by atoms with van der Waals surface area (Å²) in [6, 6.07) is 31.0. The maximum absolute atomic E-state index is 13.3. The third-order valence-electron chi connectivity index (χ3n) is 22.3. The molecule has 15 N–H and O–H groups in total. The molecule has 6 aliphatic rings. The van der Waals surface area contributed by atoms with Crippen molar-refractivity contribution in [2.45, 2.75) is 286 Å². The number of nitrogens with two attached hydrogens (primary N) is 3. The Kier molecular flexibility index (Phi) is 126. The third-order valence-corrected chi connectivity index (χ3v) is 22.5. The van der Waals surface area contributed by atoms with E-state index in [1.807, 2.05) is 154 Å². The number of piperazine rings is 3. The first kappa shape index (κ1) is 186. The Bertz CT molecular complexity index is 4300. The van der Waals surface area contributed by atoms with E-state index in [4.69, 9.17) is 47.7 Å². The van der Waals surface area contributed by atoms with Crippen molar-refractivity contribution < 1.29 is 542 Å². The number of carbonyl (C=O) groups excluding carboxylic acids is 4. The van der Waals surface area contributed by atoms with Gasteiger partial charge in [0.25, 0.3) is 0 Å². The molecule has 3 aliphatic heterocycles. The van der Waals surface area contributed by atoms with E-state index in [2.05, 4.69) is 112 Å². The predicted molar refractivity (Wildman–Crippen MR) is 522 cm³/mol. The molecule has 3 saturated heterocycles. The van der Waals surface area contributed by atoms with Crippen molar-refractivity contribution >= 4 is 82.9 Å². The molecule has 6 aromatic rings. The van der Waals surface area contributed by atoms with Crippen molar-refractivity contribution in [1.82, 2.24) is 81.4 Å². The highest BCUT2D eigenvalue weighted by Gasteiger charge is 2.33. The van der Waals surface area contributed by atoms with Crippen molar-refractivity contribution in [2.24, 2.45) is 0 Å². The topological polar surface area (TPSA) is 388 Å². The zero-order valence-electron chi connectivity index (χ0n) is 86.8. The molecule has 0 atom stereocenters. The summed E-state index contributed by atoms with van der Waals surface area (Å²) in [7, 11) is 0. The first-order chi connectivity index (χ1) is 61.2. The SMILES string of the molecule is C.C1CNCCN1.CC(C)(C)OC(=O)N(CCCN(C(=O)OC(C)(C)C)C1CCCCC1)Cc1ccc(CNc2nc(N)cc(Cl)n2)cc1.CC(C)(C)OC(=O)N(CCCN(C(=O)OC(C)(C)C)C1CCCCC1)Cc1ccc(CNc2nc(N)cc(N3CCNCC3)n2)cc1.Nc1cc(N2CCNCC2)nc(NCc2ccc(CNCCCNC3CCCCC3)cc2)n1.[I-].[I-].[I-].[I-].[I-].[I-].[I-].[I-].[I-].[I-].[I-].[I-].[I-].[I-].[I-].[I-].[I-].[I-].[I-].[I-].[I-]. The van der Waals surface area contributed by atoms with Crippen LogP contribution in [-0.2, 0) is 58.2 Å². The second kappa shape index (κ2) is 102. The molecule has 12 rings (SSSR count). The maximum Gasteiger partial charge on any atom is 0.410 e. The number of hydrogen-bond donors (Lipinski definition) is 12. The highest BCUT2D eigenvalue weighted by Crippen LogP contribution is 2.30. The summed E-state index contributed by atoms with van der Waals surface area (Å²) in [4.78, 5) is 90.8. The van der Waals surface area contributed by atoms with Crippen LogP contribution in [0.1, 0.15) is 239 Å². The van der Waals surface area contributed by atoms with Gasteiger partial charge in [0.1, 0.15) is 56.6 Å². The quantitative estimate of drug-likeness (QED) is 0.00807. The van der Waals surface area contributed by atoms with Gasteiger partial charge in [-0.15, -0.1) is 0 Å². The first-order valence-corrected chi connectivity index (χ1v) is 47.3. The molecular formula is C96H157ClI21N24O8-21. The fraction of sp³-hybridized carbons (Fsp3) is 0.646. The van der Waals surface area contributed by atoms with Crippen LogP contribution in [0.25, 0.3) is 0 Å². The monoisotopic (exact) mass is 4470 g/mol. The van der Waals surface area contributed by atoms with Gasteiger partial charge in [-0.05, 0) is 187 Å². The molecule has 150 heavy (non-hydrogen) atoms. The molecule has 0 radical (unpaired) electrons. The molecule has 0 bridgehead atoms. The largest absolute Gasteiger partial charge is 1.00 e. The van der Waals surface area contributed by atoms with E-state index in [-0.39, 0.29) is 553 Å². The number of rotatable bonds is 32. The molecule has 884 valence electrons. The highest BCUT2D eigenvalue weighted by molar-refractivity contribution is 6.29. The van der Waals surface area contributed by atoms with E-state index in [0.717, 1.165) is 189 Å². The number of benzene rings is 3. The standard InChI is InChI=1S/C35H56N8O4.C31H47ClN6O4.C25H40N8.C4H10N2.CH4.21HI/c1-34(2,3)46-32(44)42(19-10-20-43(28-11-8-7-9-12-28)33(45)47-35(4,5)6)25-27-15-13-26(14-16-27)24-38-31-39-29(36)23-30(40-31)41-21-17-37-18-22-41;1-30(2,3)41-28(39)37(17-10-18-38(24-11-8-7-9-12-24)29(40)42-31(4,5)6)21-23-15-13-22(14-16-23)20-34-27-35-25(32)19-26(33)36-27;26-23-17-24(33-15-13-27-14-16-33)32-25(31-23)30-19-21-9-7-20(8-10-21)18-28-11-4-12-29-22-5-2-1-3-6-22;1-2-6-4-3-5-1;;;;;;;;;;;;;;;;;;;;;;/h13-16,23,28,37H,7-12,17-22,24-25H2,1-6H3,(H3,36,38,39,40);13-16,19,24H,7-12,17-18,20-21H2,1-6H3,(H3,33,34,35,36);7-10,17,22,27-29H,1-6,11-16,18-19H2,(H3,26,30,31,32);5-6H,1-4H2;1H4;21*1H/p-21. The van der Waals surface area contributed by atoms with Gasteiger partial charge < -0.3 is 617 Å². The minimum Gasteiger partial charge on any atom is -1.00 e. The van der Waals surface area contributed by atoms with Crippen LogP contribution in [0.4, 0.5) is 66.1 Å². The molecule has 6 fully saturated rings. The zero-order chi connectivity index (χ0) is 91.9. The van der Waals surface area contributed by atoms with Gasteiger partial charge in [0.05, 0.1) is 0 Å². The Morgan fingerprint density at radius 1 is 0.347 bits per heavy atom. The van der Waals surface area contributed by atoms with E-state index in [0.29, 0.717) is 107 Å². The Labute approximate surface area is 1260 Å². The van der Waals surface area contributed by atoms with Gasteiger partial charge in [0.2, 0.25) is 17.8 Å². The number of hydrogen-bond acceptors (Lipinski definition) is 28. The summed E-state index contributed by atoms with van der Waals surface area (Å²) in [6.07, 6.45) is 18.8. The minimum atomic E-state index is -0.624. The molecule has 3 saturated carbocycles. The van der Waals surface area contributed by atoms with Crippen LogP contribution in [0.2, 0.25) is 5.15 Å². The summed E-state index contributed by atoms with van der Waals surface area (Å²) in [5.41, 5.74) is 22.0. The molecule has 3 aromatic carbocycles. The summed E-state index contributed by atoms with van der Waals surface area (Å²) >= 11 is 5.96. The van der Waals surface area contributed by atoms with Gasteiger partial charge in [-0.3, -0.25) is 0 Å². The summed E-state index contributed by atoms with van der Waals surface area (Å²) in [5, 5.41) is 30.5. The lowest BCUT2D eigenvalue weighted by Gasteiger charge is -2.36. The van der Waals surface area contributed by atoms with Crippen LogP contribution in [0.5, 0.6) is 0 Å². The molecular weight excluding hydrogens is 4320 g/mol. The van der Waals surface area contributed by atoms with E-state index >= 15 is 0 Å². The second-order valence-electron chi connectivity index (χ2n) is 38.1. The van der Waals surface area contributed by atoms with Crippen LogP contribution >= 0.6 is 11.6 Å². The molecule has 0 spiro atoms. The molecule has 54 heteroatoms. The highest BCUT2D eigenvalue weighted by atomic mass is 127. The van der Waals surface area contributed by atoms with Crippen LogP contribution < -0.4 is 578 Å². The number of amides is 4. The number of nitrogens with one attached hydrogen (secondary N) is 9. The van der Waals surface area contributed by atoms with Crippen molar-refractivity contribution in [3.8, 4) is 0 Å². The molecule has 3 aromatic heterocycles. The average Bonchev–Trinajstić information content (AvgIpc) is 0.876. The average molecular weight is 4480 g/mol. The van der Waals surface area contributed by atoms with Gasteiger partial charge >= 0.3 is 24.4 Å². The Morgan fingerprint density at radius 2 is 0.620 bits per heavy atom. The molecule has 32 nitrogen and oxygen atoms in total. The number of carbonyl (C=O) groups is 4. The van der Waals surface area contributed by atoms with Gasteiger partial charge in [0.15, 0.2) is 0 Å². The fourth-order valence-corrected chi connectivity index (χ4v) is 16.1. The van der Waals surface area contributed by atoms with Gasteiger partial charge in [-0.1, -0.05) is 150 Å². The van der Waals surface area contributed by atoms with E-state index in [9.17, 15) is 19.2 Å². The summed E-state index contributed by atoms with van der Waals surface area (Å²) in [6.45, 7) is 41.9. The summed E-state index contributed by atoms with van der Waals surface area (Å²) < 4.78 is 23.0. The third kappa shape index (κ3) is 78.5.